The molecule has 4 heteroatoms. The average Bonchev–Trinajstić information content (AvgIpc) is 2.76. The van der Waals surface area contributed by atoms with E-state index < -0.39 is 0 Å². The Morgan fingerprint density at radius 1 is 0.933 bits per heavy atom. The van der Waals surface area contributed by atoms with E-state index in [1.165, 1.54) is 11.1 Å². The SMILES string of the molecule is Cc1ccc(CN2COc3ccc4c(C)c(-c5ccccc5)c(=O)oc4c3C2)cc1. The Morgan fingerprint density at radius 2 is 1.70 bits per heavy atom. The van der Waals surface area contributed by atoms with Crippen LogP contribution in [0.3, 0.4) is 0 Å². The number of fused-ring (bicyclic) bond motifs is 3. The molecule has 30 heavy (non-hydrogen) atoms. The highest BCUT2D eigenvalue weighted by atomic mass is 16.5. The lowest BCUT2D eigenvalue weighted by molar-refractivity contribution is 0.0889. The van der Waals surface area contributed by atoms with Crippen LogP contribution >= 0.6 is 0 Å². The molecule has 4 aromatic rings. The first-order valence-electron chi connectivity index (χ1n) is 10.2. The number of hydrogen-bond donors (Lipinski definition) is 0. The Kier molecular flexibility index (Phi) is 4.64. The lowest BCUT2D eigenvalue weighted by Crippen LogP contribution is -2.31. The van der Waals surface area contributed by atoms with E-state index >= 15 is 0 Å². The number of benzene rings is 3. The largest absolute Gasteiger partial charge is 0.478 e. The molecule has 0 spiro atoms. The summed E-state index contributed by atoms with van der Waals surface area (Å²) in [6.07, 6.45) is 0. The van der Waals surface area contributed by atoms with Gasteiger partial charge in [0.2, 0.25) is 0 Å². The summed E-state index contributed by atoms with van der Waals surface area (Å²) < 4.78 is 11.9. The number of nitrogens with zero attached hydrogens (tertiary/aromatic N) is 1. The van der Waals surface area contributed by atoms with Crippen LogP contribution in [0, 0.1) is 13.8 Å². The Labute approximate surface area is 175 Å². The zero-order valence-electron chi connectivity index (χ0n) is 17.1. The van der Waals surface area contributed by atoms with Crippen molar-refractivity contribution in [3.8, 4) is 16.9 Å². The third kappa shape index (κ3) is 3.29. The van der Waals surface area contributed by atoms with Crippen molar-refractivity contribution in [1.82, 2.24) is 4.90 Å². The van der Waals surface area contributed by atoms with E-state index in [1.807, 2.05) is 49.4 Å². The number of hydrogen-bond acceptors (Lipinski definition) is 4. The molecule has 1 aliphatic heterocycles. The van der Waals surface area contributed by atoms with Crippen molar-refractivity contribution in [3.05, 3.63) is 99.4 Å². The van der Waals surface area contributed by atoms with Crippen LogP contribution in [-0.4, -0.2) is 11.6 Å². The molecule has 2 heterocycles. The Balaban J connectivity index is 1.55. The van der Waals surface area contributed by atoms with Crippen molar-refractivity contribution in [3.63, 3.8) is 0 Å². The van der Waals surface area contributed by atoms with Crippen LogP contribution in [0.25, 0.3) is 22.1 Å². The van der Waals surface area contributed by atoms with Gasteiger partial charge in [-0.2, -0.15) is 0 Å². The molecule has 4 nitrogen and oxygen atoms in total. The van der Waals surface area contributed by atoms with E-state index in [-0.39, 0.29) is 5.63 Å². The topological polar surface area (TPSA) is 42.7 Å². The normalized spacial score (nSPS) is 13.8. The van der Waals surface area contributed by atoms with Crippen molar-refractivity contribution in [2.24, 2.45) is 0 Å². The molecule has 0 saturated heterocycles. The maximum Gasteiger partial charge on any atom is 0.344 e. The molecule has 0 radical (unpaired) electrons. The Morgan fingerprint density at radius 3 is 2.47 bits per heavy atom. The van der Waals surface area contributed by atoms with E-state index in [2.05, 4.69) is 36.1 Å². The lowest BCUT2D eigenvalue weighted by Gasteiger charge is -2.29. The summed E-state index contributed by atoms with van der Waals surface area (Å²) in [5.41, 5.74) is 6.17. The molecular weight excluding hydrogens is 374 g/mol. The van der Waals surface area contributed by atoms with Crippen LogP contribution in [0.2, 0.25) is 0 Å². The van der Waals surface area contributed by atoms with E-state index in [1.54, 1.807) is 0 Å². The number of rotatable bonds is 3. The lowest BCUT2D eigenvalue weighted by atomic mass is 9.97. The molecule has 5 rings (SSSR count). The highest BCUT2D eigenvalue weighted by molar-refractivity contribution is 5.90. The molecule has 0 unspecified atom stereocenters. The third-order valence-corrected chi connectivity index (χ3v) is 5.77. The highest BCUT2D eigenvalue weighted by Crippen LogP contribution is 2.35. The molecule has 0 amide bonds. The summed E-state index contributed by atoms with van der Waals surface area (Å²) in [6.45, 7) is 6.04. The molecule has 1 aromatic heterocycles. The summed E-state index contributed by atoms with van der Waals surface area (Å²) in [6, 6.07) is 22.2. The van der Waals surface area contributed by atoms with Crippen LogP contribution in [0.1, 0.15) is 22.3 Å². The predicted octanol–water partition coefficient (Wildman–Crippen LogP) is 5.43. The van der Waals surface area contributed by atoms with Crippen molar-refractivity contribution in [2.75, 3.05) is 6.73 Å². The quantitative estimate of drug-likeness (QED) is 0.433. The first-order valence-corrected chi connectivity index (χ1v) is 10.2. The fraction of sp³-hybridized carbons (Fsp3) is 0.192. The van der Waals surface area contributed by atoms with E-state index in [0.29, 0.717) is 24.4 Å². The molecule has 0 fully saturated rings. The fourth-order valence-corrected chi connectivity index (χ4v) is 4.16. The Hall–Kier alpha value is -3.37. The standard InChI is InChI=1S/C26H23NO3/c1-17-8-10-19(11-9-17)14-27-15-22-23(29-16-27)13-12-21-18(2)24(26(28)30-25(21)22)20-6-4-3-5-7-20/h3-13H,14-16H2,1-2H3. The predicted molar refractivity (Wildman–Crippen MR) is 119 cm³/mol. The minimum absolute atomic E-state index is 0.310. The summed E-state index contributed by atoms with van der Waals surface area (Å²) in [5.74, 6) is 0.790. The van der Waals surface area contributed by atoms with E-state index in [0.717, 1.165) is 34.4 Å². The maximum absolute atomic E-state index is 12.9. The minimum Gasteiger partial charge on any atom is -0.478 e. The van der Waals surface area contributed by atoms with Gasteiger partial charge in [0.1, 0.15) is 18.1 Å². The van der Waals surface area contributed by atoms with Gasteiger partial charge in [-0.15, -0.1) is 0 Å². The monoisotopic (exact) mass is 397 g/mol. The molecular formula is C26H23NO3. The van der Waals surface area contributed by atoms with E-state index in [4.69, 9.17) is 9.15 Å². The molecule has 0 saturated carbocycles. The second kappa shape index (κ2) is 7.47. The number of aryl methyl sites for hydroxylation is 2. The maximum atomic E-state index is 12.9. The van der Waals surface area contributed by atoms with Gasteiger partial charge in [-0.25, -0.2) is 4.79 Å². The smallest absolute Gasteiger partial charge is 0.344 e. The molecule has 0 bridgehead atoms. The van der Waals surface area contributed by atoms with Crippen LogP contribution in [0.4, 0.5) is 0 Å². The first kappa shape index (κ1) is 18.6. The van der Waals surface area contributed by atoms with Gasteiger partial charge in [-0.1, -0.05) is 60.2 Å². The summed E-state index contributed by atoms with van der Waals surface area (Å²) in [7, 11) is 0. The van der Waals surface area contributed by atoms with Gasteiger partial charge < -0.3 is 9.15 Å². The van der Waals surface area contributed by atoms with E-state index in [9.17, 15) is 4.79 Å². The summed E-state index contributed by atoms with van der Waals surface area (Å²) in [5, 5.41) is 0.952. The van der Waals surface area contributed by atoms with Crippen molar-refractivity contribution >= 4 is 11.0 Å². The van der Waals surface area contributed by atoms with Gasteiger partial charge in [0.25, 0.3) is 0 Å². The second-order valence-corrected chi connectivity index (χ2v) is 7.92. The first-order chi connectivity index (χ1) is 14.6. The molecule has 150 valence electrons. The van der Waals surface area contributed by atoms with Crippen LogP contribution < -0.4 is 10.4 Å². The van der Waals surface area contributed by atoms with Crippen molar-refractivity contribution < 1.29 is 9.15 Å². The van der Waals surface area contributed by atoms with Gasteiger partial charge in [-0.05, 0) is 42.7 Å². The van der Waals surface area contributed by atoms with Crippen LogP contribution in [0.15, 0.2) is 75.9 Å². The minimum atomic E-state index is -0.310. The highest BCUT2D eigenvalue weighted by Gasteiger charge is 2.23. The van der Waals surface area contributed by atoms with Crippen molar-refractivity contribution in [2.45, 2.75) is 26.9 Å². The Bertz CT molecular complexity index is 1270. The van der Waals surface area contributed by atoms with Crippen LogP contribution in [-0.2, 0) is 13.1 Å². The van der Waals surface area contributed by atoms with Crippen molar-refractivity contribution in [1.29, 1.82) is 0 Å². The van der Waals surface area contributed by atoms with Gasteiger partial charge >= 0.3 is 5.63 Å². The van der Waals surface area contributed by atoms with Gasteiger partial charge in [0.15, 0.2) is 0 Å². The molecule has 3 aromatic carbocycles. The molecule has 0 atom stereocenters. The van der Waals surface area contributed by atoms with Gasteiger partial charge in [-0.3, -0.25) is 4.90 Å². The van der Waals surface area contributed by atoms with Gasteiger partial charge in [0, 0.05) is 18.5 Å². The number of ether oxygens (including phenoxy) is 1. The average molecular weight is 397 g/mol. The van der Waals surface area contributed by atoms with Gasteiger partial charge in [0.05, 0.1) is 11.1 Å². The zero-order chi connectivity index (χ0) is 20.7. The summed E-state index contributed by atoms with van der Waals surface area (Å²) >= 11 is 0. The molecule has 0 aliphatic carbocycles. The summed E-state index contributed by atoms with van der Waals surface area (Å²) in [4.78, 5) is 15.1. The zero-order valence-corrected chi connectivity index (χ0v) is 17.1. The fourth-order valence-electron chi connectivity index (χ4n) is 4.16. The van der Waals surface area contributed by atoms with Crippen LogP contribution in [0.5, 0.6) is 5.75 Å². The molecule has 0 N–H and O–H groups in total. The second-order valence-electron chi connectivity index (χ2n) is 7.92. The third-order valence-electron chi connectivity index (χ3n) is 5.77. The molecule has 1 aliphatic rings.